The summed E-state index contributed by atoms with van der Waals surface area (Å²) in [6.45, 7) is 1.77. The molecule has 0 aromatic heterocycles. The molecule has 2 N–H and O–H groups in total. The van der Waals surface area contributed by atoms with Gasteiger partial charge in [-0.25, -0.2) is 0 Å². The summed E-state index contributed by atoms with van der Waals surface area (Å²) in [4.78, 5) is 11.9. The molecule has 19 heavy (non-hydrogen) atoms. The molecule has 0 atom stereocenters. The van der Waals surface area contributed by atoms with Gasteiger partial charge in [0.25, 0.3) is 0 Å². The Kier molecular flexibility index (Phi) is 4.22. The van der Waals surface area contributed by atoms with Gasteiger partial charge >= 0.3 is 0 Å². The van der Waals surface area contributed by atoms with E-state index in [1.54, 1.807) is 25.1 Å². The van der Waals surface area contributed by atoms with Crippen molar-refractivity contribution >= 4 is 27.5 Å². The van der Waals surface area contributed by atoms with Crippen LogP contribution in [-0.4, -0.2) is 11.0 Å². The number of anilines is 1. The highest BCUT2D eigenvalue weighted by Crippen LogP contribution is 2.24. The number of nitrogens with one attached hydrogen (secondary N) is 1. The van der Waals surface area contributed by atoms with Crippen LogP contribution in [0.1, 0.15) is 11.1 Å². The van der Waals surface area contributed by atoms with Crippen LogP contribution in [0.5, 0.6) is 5.75 Å². The van der Waals surface area contributed by atoms with Gasteiger partial charge in [-0.05, 0) is 36.8 Å². The molecule has 0 aliphatic heterocycles. The summed E-state index contributed by atoms with van der Waals surface area (Å²) < 4.78 is 0.950. The normalized spacial score (nSPS) is 10.2. The van der Waals surface area contributed by atoms with Crippen molar-refractivity contribution in [1.29, 1.82) is 0 Å². The van der Waals surface area contributed by atoms with E-state index in [0.717, 1.165) is 10.0 Å². The first-order valence-electron chi connectivity index (χ1n) is 5.89. The quantitative estimate of drug-likeness (QED) is 0.907. The molecule has 0 saturated heterocycles. The number of phenolic OH excluding ortho intramolecular Hbond substituents is 1. The second kappa shape index (κ2) is 5.89. The maximum atomic E-state index is 11.9. The Morgan fingerprint density at radius 1 is 1.26 bits per heavy atom. The lowest BCUT2D eigenvalue weighted by Crippen LogP contribution is -2.15. The molecule has 2 rings (SSSR count). The minimum absolute atomic E-state index is 0.105. The smallest absolute Gasteiger partial charge is 0.228 e. The van der Waals surface area contributed by atoms with Crippen LogP contribution >= 0.6 is 15.9 Å². The molecule has 1 amide bonds. The van der Waals surface area contributed by atoms with Crippen LogP contribution in [0.2, 0.25) is 0 Å². The second-order valence-corrected chi connectivity index (χ2v) is 5.22. The molecular weight excluding hydrogens is 306 g/mol. The monoisotopic (exact) mass is 319 g/mol. The summed E-state index contributed by atoms with van der Waals surface area (Å²) >= 11 is 3.38. The van der Waals surface area contributed by atoms with Crippen molar-refractivity contribution in [2.45, 2.75) is 13.3 Å². The number of hydrogen-bond donors (Lipinski definition) is 2. The average Bonchev–Trinajstić information content (AvgIpc) is 2.35. The Morgan fingerprint density at radius 3 is 2.74 bits per heavy atom. The number of halogens is 1. The Morgan fingerprint density at radius 2 is 2.00 bits per heavy atom. The van der Waals surface area contributed by atoms with E-state index < -0.39 is 0 Å². The topological polar surface area (TPSA) is 49.3 Å². The van der Waals surface area contributed by atoms with Crippen LogP contribution in [0.25, 0.3) is 0 Å². The third-order valence-electron chi connectivity index (χ3n) is 2.83. The highest BCUT2D eigenvalue weighted by Gasteiger charge is 2.08. The fraction of sp³-hybridized carbons (Fsp3) is 0.133. The van der Waals surface area contributed by atoms with E-state index in [2.05, 4.69) is 21.2 Å². The van der Waals surface area contributed by atoms with Crippen LogP contribution in [0.3, 0.4) is 0 Å². The lowest BCUT2D eigenvalue weighted by molar-refractivity contribution is -0.115. The van der Waals surface area contributed by atoms with Crippen molar-refractivity contribution in [1.82, 2.24) is 0 Å². The first kappa shape index (κ1) is 13.6. The molecule has 0 spiro atoms. The predicted octanol–water partition coefficient (Wildman–Crippen LogP) is 3.64. The molecule has 3 nitrogen and oxygen atoms in total. The molecule has 0 aliphatic rings. The first-order chi connectivity index (χ1) is 9.06. The molecule has 0 heterocycles. The number of hydrogen-bond acceptors (Lipinski definition) is 2. The van der Waals surface area contributed by atoms with Crippen molar-refractivity contribution in [3.63, 3.8) is 0 Å². The Bertz CT molecular complexity index is 611. The van der Waals surface area contributed by atoms with E-state index in [0.29, 0.717) is 17.7 Å². The van der Waals surface area contributed by atoms with Crippen LogP contribution in [-0.2, 0) is 11.2 Å². The third-order valence-corrected chi connectivity index (χ3v) is 3.33. The number of carbonyl (C=O) groups is 1. The summed E-state index contributed by atoms with van der Waals surface area (Å²) in [6, 6.07) is 12.7. The molecule has 0 radical (unpaired) electrons. The molecule has 0 bridgehead atoms. The van der Waals surface area contributed by atoms with Gasteiger partial charge in [0.1, 0.15) is 5.75 Å². The summed E-state index contributed by atoms with van der Waals surface area (Å²) in [5, 5.41) is 12.4. The van der Waals surface area contributed by atoms with E-state index >= 15 is 0 Å². The standard InChI is InChI=1S/C15H14BrNO2/c1-10-13(6-3-7-14(10)18)17-15(19)9-11-4-2-5-12(16)8-11/h2-8,18H,9H2,1H3,(H,17,19). The van der Waals surface area contributed by atoms with Crippen LogP contribution in [0.4, 0.5) is 5.69 Å². The van der Waals surface area contributed by atoms with Gasteiger partial charge in [-0.15, -0.1) is 0 Å². The van der Waals surface area contributed by atoms with Crippen LogP contribution < -0.4 is 5.32 Å². The van der Waals surface area contributed by atoms with E-state index in [9.17, 15) is 9.90 Å². The minimum atomic E-state index is -0.105. The van der Waals surface area contributed by atoms with Crippen LogP contribution in [0, 0.1) is 6.92 Å². The fourth-order valence-corrected chi connectivity index (χ4v) is 2.23. The molecular formula is C15H14BrNO2. The van der Waals surface area contributed by atoms with Crippen LogP contribution in [0.15, 0.2) is 46.9 Å². The van der Waals surface area contributed by atoms with Gasteiger partial charge in [0.2, 0.25) is 5.91 Å². The zero-order chi connectivity index (χ0) is 13.8. The molecule has 98 valence electrons. The third kappa shape index (κ3) is 3.58. The maximum absolute atomic E-state index is 11.9. The van der Waals surface area contributed by atoms with E-state index in [-0.39, 0.29) is 11.7 Å². The van der Waals surface area contributed by atoms with Gasteiger partial charge in [0, 0.05) is 15.7 Å². The maximum Gasteiger partial charge on any atom is 0.228 e. The lowest BCUT2D eigenvalue weighted by Gasteiger charge is -2.09. The number of carbonyl (C=O) groups excluding carboxylic acids is 1. The number of benzene rings is 2. The summed E-state index contributed by atoms with van der Waals surface area (Å²) in [6.07, 6.45) is 0.300. The highest BCUT2D eigenvalue weighted by atomic mass is 79.9. The number of aromatic hydroxyl groups is 1. The van der Waals surface area contributed by atoms with Gasteiger partial charge in [-0.2, -0.15) is 0 Å². The van der Waals surface area contributed by atoms with Gasteiger partial charge in [0.15, 0.2) is 0 Å². The zero-order valence-corrected chi connectivity index (χ0v) is 12.1. The van der Waals surface area contributed by atoms with Crippen molar-refractivity contribution in [3.8, 4) is 5.75 Å². The second-order valence-electron chi connectivity index (χ2n) is 4.30. The molecule has 0 saturated carbocycles. The van der Waals surface area contributed by atoms with Crippen molar-refractivity contribution in [2.75, 3.05) is 5.32 Å². The molecule has 2 aromatic carbocycles. The summed E-state index contributed by atoms with van der Waals surface area (Å²) in [5.41, 5.74) is 2.25. The van der Waals surface area contributed by atoms with Gasteiger partial charge in [-0.3, -0.25) is 4.79 Å². The minimum Gasteiger partial charge on any atom is -0.508 e. The Hall–Kier alpha value is -1.81. The van der Waals surface area contributed by atoms with Crippen molar-refractivity contribution in [2.24, 2.45) is 0 Å². The average molecular weight is 320 g/mol. The Balaban J connectivity index is 2.08. The lowest BCUT2D eigenvalue weighted by atomic mass is 10.1. The van der Waals surface area contributed by atoms with Crippen molar-refractivity contribution in [3.05, 3.63) is 58.1 Å². The summed E-state index contributed by atoms with van der Waals surface area (Å²) in [5.74, 6) is 0.0760. The van der Waals surface area contributed by atoms with Gasteiger partial charge < -0.3 is 10.4 Å². The fourth-order valence-electron chi connectivity index (χ4n) is 1.79. The molecule has 4 heteroatoms. The predicted molar refractivity (Wildman–Crippen MR) is 79.3 cm³/mol. The van der Waals surface area contributed by atoms with E-state index in [4.69, 9.17) is 0 Å². The SMILES string of the molecule is Cc1c(O)cccc1NC(=O)Cc1cccc(Br)c1. The van der Waals surface area contributed by atoms with E-state index in [1.807, 2.05) is 24.3 Å². The zero-order valence-electron chi connectivity index (χ0n) is 10.5. The van der Waals surface area contributed by atoms with Crippen molar-refractivity contribution < 1.29 is 9.90 Å². The Labute approximate surface area is 120 Å². The molecule has 0 unspecified atom stereocenters. The van der Waals surface area contributed by atoms with E-state index in [1.165, 1.54) is 0 Å². The number of phenols is 1. The summed E-state index contributed by atoms with van der Waals surface area (Å²) in [7, 11) is 0. The molecule has 0 fully saturated rings. The van der Waals surface area contributed by atoms with Gasteiger partial charge in [0.05, 0.1) is 6.42 Å². The van der Waals surface area contributed by atoms with Gasteiger partial charge in [-0.1, -0.05) is 34.1 Å². The highest BCUT2D eigenvalue weighted by molar-refractivity contribution is 9.10. The number of rotatable bonds is 3. The molecule has 0 aliphatic carbocycles. The number of amides is 1. The first-order valence-corrected chi connectivity index (χ1v) is 6.68. The largest absolute Gasteiger partial charge is 0.508 e. The molecule has 2 aromatic rings.